The highest BCUT2D eigenvalue weighted by Crippen LogP contribution is 2.07. The molecule has 0 saturated heterocycles. The third-order valence-electron chi connectivity index (χ3n) is 1.80. The number of amides is 1. The van der Waals surface area contributed by atoms with E-state index < -0.39 is 0 Å². The highest BCUT2D eigenvalue weighted by atomic mass is 16.5. The molecular weight excluding hydrogens is 192 g/mol. The van der Waals surface area contributed by atoms with Crippen LogP contribution in [-0.2, 0) is 9.53 Å². The molecule has 4 heteroatoms. The highest BCUT2D eigenvalue weighted by Gasteiger charge is 1.99. The summed E-state index contributed by atoms with van der Waals surface area (Å²) in [6, 6.07) is 7.74. The van der Waals surface area contributed by atoms with Gasteiger partial charge in [0.1, 0.15) is 6.61 Å². The zero-order valence-corrected chi connectivity index (χ0v) is 9.04. The number of anilines is 1. The Morgan fingerprint density at radius 1 is 1.47 bits per heavy atom. The molecule has 0 atom stereocenters. The topological polar surface area (TPSA) is 50.4 Å². The van der Waals surface area contributed by atoms with Crippen molar-refractivity contribution >= 4 is 11.6 Å². The number of rotatable bonds is 5. The van der Waals surface area contributed by atoms with Crippen molar-refractivity contribution in [2.24, 2.45) is 0 Å². The minimum atomic E-state index is -0.182. The largest absolute Gasteiger partial charge is 0.372 e. The predicted octanol–water partition coefficient (Wildman–Crippen LogP) is 1.47. The SMILES string of the molecule is CCOCC(=O)NNc1cccc(C)c1. The summed E-state index contributed by atoms with van der Waals surface area (Å²) >= 11 is 0. The van der Waals surface area contributed by atoms with Crippen molar-refractivity contribution in [2.45, 2.75) is 13.8 Å². The van der Waals surface area contributed by atoms with E-state index in [4.69, 9.17) is 4.74 Å². The fourth-order valence-electron chi connectivity index (χ4n) is 1.10. The molecule has 1 aromatic rings. The highest BCUT2D eigenvalue weighted by molar-refractivity contribution is 5.78. The fourth-order valence-corrected chi connectivity index (χ4v) is 1.10. The van der Waals surface area contributed by atoms with Crippen molar-refractivity contribution in [1.82, 2.24) is 5.43 Å². The van der Waals surface area contributed by atoms with E-state index in [1.165, 1.54) is 0 Å². The van der Waals surface area contributed by atoms with Crippen LogP contribution in [0.1, 0.15) is 12.5 Å². The molecule has 1 amide bonds. The first-order valence-electron chi connectivity index (χ1n) is 4.91. The quantitative estimate of drug-likeness (QED) is 0.720. The van der Waals surface area contributed by atoms with Crippen LogP contribution in [-0.4, -0.2) is 19.1 Å². The lowest BCUT2D eigenvalue weighted by molar-refractivity contribution is -0.125. The number of aryl methyl sites for hydroxylation is 1. The Morgan fingerprint density at radius 2 is 2.27 bits per heavy atom. The third kappa shape index (κ3) is 4.46. The van der Waals surface area contributed by atoms with Crippen LogP contribution >= 0.6 is 0 Å². The minimum absolute atomic E-state index is 0.0787. The maximum atomic E-state index is 11.2. The zero-order chi connectivity index (χ0) is 11.1. The Kier molecular flexibility index (Phi) is 4.63. The molecule has 0 unspecified atom stereocenters. The molecule has 0 spiro atoms. The van der Waals surface area contributed by atoms with Crippen molar-refractivity contribution < 1.29 is 9.53 Å². The van der Waals surface area contributed by atoms with Gasteiger partial charge in [0.05, 0.1) is 5.69 Å². The van der Waals surface area contributed by atoms with Gasteiger partial charge in [-0.25, -0.2) is 0 Å². The van der Waals surface area contributed by atoms with Crippen molar-refractivity contribution in [3.63, 3.8) is 0 Å². The third-order valence-corrected chi connectivity index (χ3v) is 1.80. The smallest absolute Gasteiger partial charge is 0.264 e. The number of hydrogen-bond acceptors (Lipinski definition) is 3. The van der Waals surface area contributed by atoms with E-state index in [0.717, 1.165) is 11.3 Å². The van der Waals surface area contributed by atoms with Gasteiger partial charge in [-0.2, -0.15) is 0 Å². The standard InChI is InChI=1S/C11H16N2O2/c1-3-15-8-11(14)13-12-10-6-4-5-9(2)7-10/h4-7,12H,3,8H2,1-2H3,(H,13,14). The summed E-state index contributed by atoms with van der Waals surface area (Å²) in [6.07, 6.45) is 0. The van der Waals surface area contributed by atoms with Crippen LogP contribution in [0.3, 0.4) is 0 Å². The first-order chi connectivity index (χ1) is 7.22. The van der Waals surface area contributed by atoms with E-state index in [1.54, 1.807) is 0 Å². The number of hydrazine groups is 1. The number of carbonyl (C=O) groups excluding carboxylic acids is 1. The average Bonchev–Trinajstić information content (AvgIpc) is 2.23. The average molecular weight is 208 g/mol. The molecule has 0 saturated carbocycles. The Bertz CT molecular complexity index is 326. The van der Waals surface area contributed by atoms with E-state index >= 15 is 0 Å². The van der Waals surface area contributed by atoms with E-state index in [0.29, 0.717) is 6.61 Å². The van der Waals surface area contributed by atoms with E-state index in [9.17, 15) is 4.79 Å². The van der Waals surface area contributed by atoms with Crippen LogP contribution in [0.15, 0.2) is 24.3 Å². The minimum Gasteiger partial charge on any atom is -0.372 e. The lowest BCUT2D eigenvalue weighted by Gasteiger charge is -2.08. The van der Waals surface area contributed by atoms with Gasteiger partial charge in [-0.1, -0.05) is 12.1 Å². The fraction of sp³-hybridized carbons (Fsp3) is 0.364. The van der Waals surface area contributed by atoms with Gasteiger partial charge < -0.3 is 4.74 Å². The number of benzene rings is 1. The number of hydrogen-bond donors (Lipinski definition) is 2. The van der Waals surface area contributed by atoms with E-state index in [2.05, 4.69) is 10.9 Å². The van der Waals surface area contributed by atoms with Crippen LogP contribution < -0.4 is 10.9 Å². The molecule has 0 heterocycles. The van der Waals surface area contributed by atoms with Gasteiger partial charge in [0, 0.05) is 6.61 Å². The van der Waals surface area contributed by atoms with E-state index in [1.807, 2.05) is 38.1 Å². The number of nitrogens with one attached hydrogen (secondary N) is 2. The van der Waals surface area contributed by atoms with Gasteiger partial charge in [-0.3, -0.25) is 15.6 Å². The normalized spacial score (nSPS) is 9.73. The number of carbonyl (C=O) groups is 1. The second-order valence-electron chi connectivity index (χ2n) is 3.18. The molecular formula is C11H16N2O2. The molecule has 0 fully saturated rings. The molecule has 2 N–H and O–H groups in total. The first-order valence-corrected chi connectivity index (χ1v) is 4.91. The van der Waals surface area contributed by atoms with Crippen LogP contribution in [0, 0.1) is 6.92 Å². The summed E-state index contributed by atoms with van der Waals surface area (Å²) in [4.78, 5) is 11.2. The van der Waals surface area contributed by atoms with Crippen LogP contribution in [0.2, 0.25) is 0 Å². The molecule has 0 aromatic heterocycles. The summed E-state index contributed by atoms with van der Waals surface area (Å²) < 4.78 is 4.96. The number of ether oxygens (including phenoxy) is 1. The van der Waals surface area contributed by atoms with Gasteiger partial charge in [0.25, 0.3) is 5.91 Å². The molecule has 4 nitrogen and oxygen atoms in total. The molecule has 82 valence electrons. The maximum Gasteiger partial charge on any atom is 0.264 e. The first kappa shape index (κ1) is 11.5. The summed E-state index contributed by atoms with van der Waals surface area (Å²) in [6.45, 7) is 4.46. The molecule has 15 heavy (non-hydrogen) atoms. The van der Waals surface area contributed by atoms with Gasteiger partial charge in [-0.15, -0.1) is 0 Å². The van der Waals surface area contributed by atoms with Crippen molar-refractivity contribution in [3.8, 4) is 0 Å². The zero-order valence-electron chi connectivity index (χ0n) is 9.04. The monoisotopic (exact) mass is 208 g/mol. The Morgan fingerprint density at radius 3 is 2.93 bits per heavy atom. The lowest BCUT2D eigenvalue weighted by Crippen LogP contribution is -2.32. The van der Waals surface area contributed by atoms with E-state index in [-0.39, 0.29) is 12.5 Å². The lowest BCUT2D eigenvalue weighted by atomic mass is 10.2. The summed E-state index contributed by atoms with van der Waals surface area (Å²) in [7, 11) is 0. The van der Waals surface area contributed by atoms with Crippen LogP contribution in [0.25, 0.3) is 0 Å². The molecule has 1 aromatic carbocycles. The molecule has 0 bridgehead atoms. The van der Waals surface area contributed by atoms with Gasteiger partial charge in [-0.05, 0) is 31.5 Å². The van der Waals surface area contributed by atoms with Crippen LogP contribution in [0.4, 0.5) is 5.69 Å². The molecule has 0 aliphatic heterocycles. The van der Waals surface area contributed by atoms with Crippen molar-refractivity contribution in [1.29, 1.82) is 0 Å². The molecule has 0 aliphatic rings. The Hall–Kier alpha value is -1.55. The summed E-state index contributed by atoms with van der Waals surface area (Å²) in [5.41, 5.74) is 7.36. The van der Waals surface area contributed by atoms with Gasteiger partial charge >= 0.3 is 0 Å². The molecule has 0 radical (unpaired) electrons. The second-order valence-corrected chi connectivity index (χ2v) is 3.18. The van der Waals surface area contributed by atoms with Gasteiger partial charge in [0.2, 0.25) is 0 Å². The molecule has 1 rings (SSSR count). The Balaban J connectivity index is 2.33. The second kappa shape index (κ2) is 6.03. The summed E-state index contributed by atoms with van der Waals surface area (Å²) in [5.74, 6) is -0.182. The Labute approximate surface area is 89.6 Å². The summed E-state index contributed by atoms with van der Waals surface area (Å²) in [5, 5.41) is 0. The van der Waals surface area contributed by atoms with Crippen molar-refractivity contribution in [2.75, 3.05) is 18.6 Å². The maximum absolute atomic E-state index is 11.2. The van der Waals surface area contributed by atoms with Gasteiger partial charge in [0.15, 0.2) is 0 Å². The van der Waals surface area contributed by atoms with Crippen LogP contribution in [0.5, 0.6) is 0 Å². The predicted molar refractivity (Wildman–Crippen MR) is 59.4 cm³/mol. The van der Waals surface area contributed by atoms with Crippen molar-refractivity contribution in [3.05, 3.63) is 29.8 Å². The molecule has 0 aliphatic carbocycles.